The molecule has 124 valence electrons. The molecular weight excluding hydrogens is 306 g/mol. The van der Waals surface area contributed by atoms with Crippen LogP contribution in [0.2, 0.25) is 0 Å². The van der Waals surface area contributed by atoms with Gasteiger partial charge < -0.3 is 35.5 Å². The maximum absolute atomic E-state index is 11.7. The fourth-order valence-electron chi connectivity index (χ4n) is 2.45. The predicted molar refractivity (Wildman–Crippen MR) is 79.8 cm³/mol. The van der Waals surface area contributed by atoms with Crippen molar-refractivity contribution in [2.45, 2.75) is 24.1 Å². The lowest BCUT2D eigenvalue weighted by molar-refractivity contribution is -0.313. The van der Waals surface area contributed by atoms with Crippen molar-refractivity contribution in [2.75, 3.05) is 18.5 Å². The molecule has 1 aliphatic rings. The number of aliphatic hydroxyl groups excluding tert-OH is 3. The first-order valence-electron chi connectivity index (χ1n) is 7.02. The van der Waals surface area contributed by atoms with E-state index in [2.05, 4.69) is 15.3 Å². The van der Waals surface area contributed by atoms with Gasteiger partial charge in [0.15, 0.2) is 0 Å². The average molecular weight is 323 g/mol. The topological polar surface area (TPSA) is 148 Å². The number of aromatic amines is 1. The molecule has 0 amide bonds. The van der Waals surface area contributed by atoms with Gasteiger partial charge in [-0.3, -0.25) is 4.79 Å². The van der Waals surface area contributed by atoms with E-state index in [1.165, 1.54) is 6.33 Å². The Kier molecular flexibility index (Phi) is 4.04. The largest absolute Gasteiger partial charge is 0.388 e. The van der Waals surface area contributed by atoms with Crippen molar-refractivity contribution < 1.29 is 25.2 Å². The van der Waals surface area contributed by atoms with E-state index in [1.54, 1.807) is 18.2 Å². The van der Waals surface area contributed by atoms with Crippen LogP contribution >= 0.6 is 0 Å². The monoisotopic (exact) mass is 323 g/mol. The molecule has 2 heterocycles. The van der Waals surface area contributed by atoms with Gasteiger partial charge in [-0.15, -0.1) is 0 Å². The smallest absolute Gasteiger partial charge is 0.258 e. The Hall–Kier alpha value is -2.04. The molecule has 1 fully saturated rings. The molecule has 3 unspecified atom stereocenters. The van der Waals surface area contributed by atoms with Gasteiger partial charge in [-0.1, -0.05) is 0 Å². The van der Waals surface area contributed by atoms with Gasteiger partial charge >= 0.3 is 0 Å². The first kappa shape index (κ1) is 15.8. The van der Waals surface area contributed by atoms with Crippen molar-refractivity contribution in [1.82, 2.24) is 9.97 Å². The predicted octanol–water partition coefficient (Wildman–Crippen LogP) is -1.86. The van der Waals surface area contributed by atoms with Gasteiger partial charge in [0, 0.05) is 5.69 Å². The molecule has 9 heteroatoms. The highest BCUT2D eigenvalue weighted by Crippen LogP contribution is 2.25. The SMILES string of the molecule is O=c1[nH]cnc2ccc(NC[C@]3(O)OCC(O)C(O)C3O)cc12. The van der Waals surface area contributed by atoms with Crippen molar-refractivity contribution in [1.29, 1.82) is 0 Å². The minimum absolute atomic E-state index is 0.248. The zero-order valence-electron chi connectivity index (χ0n) is 12.0. The van der Waals surface area contributed by atoms with Crippen molar-refractivity contribution in [3.05, 3.63) is 34.9 Å². The number of hydrogen-bond acceptors (Lipinski definition) is 8. The molecule has 0 aliphatic carbocycles. The van der Waals surface area contributed by atoms with Gasteiger partial charge in [0.1, 0.15) is 18.3 Å². The zero-order valence-corrected chi connectivity index (χ0v) is 12.0. The van der Waals surface area contributed by atoms with E-state index in [9.17, 15) is 25.2 Å². The molecule has 2 aromatic rings. The average Bonchev–Trinajstić information content (AvgIpc) is 2.56. The molecule has 0 spiro atoms. The summed E-state index contributed by atoms with van der Waals surface area (Å²) in [5.41, 5.74) is 0.719. The summed E-state index contributed by atoms with van der Waals surface area (Å²) in [6.07, 6.45) is -3.15. The number of aliphatic hydroxyl groups is 4. The Balaban J connectivity index is 1.78. The summed E-state index contributed by atoms with van der Waals surface area (Å²) >= 11 is 0. The molecule has 9 nitrogen and oxygen atoms in total. The van der Waals surface area contributed by atoms with Gasteiger partial charge in [0.25, 0.3) is 5.56 Å². The Labute approximate surface area is 130 Å². The number of benzene rings is 1. The third-order valence-electron chi connectivity index (χ3n) is 3.87. The summed E-state index contributed by atoms with van der Waals surface area (Å²) < 4.78 is 5.05. The number of fused-ring (bicyclic) bond motifs is 1. The Morgan fingerprint density at radius 1 is 1.39 bits per heavy atom. The summed E-state index contributed by atoms with van der Waals surface area (Å²) in [5.74, 6) is -2.06. The summed E-state index contributed by atoms with van der Waals surface area (Å²) in [6, 6.07) is 4.83. The van der Waals surface area contributed by atoms with Crippen LogP contribution in [0.4, 0.5) is 5.69 Å². The minimum atomic E-state index is -2.06. The van der Waals surface area contributed by atoms with Gasteiger partial charge in [-0.2, -0.15) is 0 Å². The van der Waals surface area contributed by atoms with Crippen LogP contribution in [-0.4, -0.2) is 67.6 Å². The molecule has 1 aromatic carbocycles. The normalized spacial score (nSPS) is 31.2. The number of H-pyrrole nitrogens is 1. The lowest BCUT2D eigenvalue weighted by atomic mass is 9.97. The van der Waals surface area contributed by atoms with E-state index in [0.29, 0.717) is 16.6 Å². The van der Waals surface area contributed by atoms with Crippen LogP contribution < -0.4 is 10.9 Å². The number of ether oxygens (including phenoxy) is 1. The summed E-state index contributed by atoms with van der Waals surface area (Å²) in [7, 11) is 0. The number of nitrogens with zero attached hydrogens (tertiary/aromatic N) is 1. The second kappa shape index (κ2) is 5.87. The number of nitrogens with one attached hydrogen (secondary N) is 2. The van der Waals surface area contributed by atoms with E-state index in [4.69, 9.17) is 4.74 Å². The zero-order chi connectivity index (χ0) is 16.6. The van der Waals surface area contributed by atoms with E-state index >= 15 is 0 Å². The van der Waals surface area contributed by atoms with Crippen LogP contribution in [0.15, 0.2) is 29.3 Å². The maximum atomic E-state index is 11.7. The van der Waals surface area contributed by atoms with Crippen molar-refractivity contribution in [3.8, 4) is 0 Å². The number of rotatable bonds is 3. The van der Waals surface area contributed by atoms with E-state index in [1.807, 2.05) is 0 Å². The quantitative estimate of drug-likeness (QED) is 0.385. The summed E-state index contributed by atoms with van der Waals surface area (Å²) in [6.45, 7) is -0.556. The summed E-state index contributed by atoms with van der Waals surface area (Å²) in [5, 5.41) is 42.4. The highest BCUT2D eigenvalue weighted by molar-refractivity contribution is 5.81. The number of hydrogen-bond donors (Lipinski definition) is 6. The van der Waals surface area contributed by atoms with Gasteiger partial charge in [0.2, 0.25) is 5.79 Å². The first-order chi connectivity index (χ1) is 10.9. The van der Waals surface area contributed by atoms with Crippen LogP contribution in [0, 0.1) is 0 Å². The molecule has 6 N–H and O–H groups in total. The molecular formula is C14H17N3O6. The molecule has 23 heavy (non-hydrogen) atoms. The van der Waals surface area contributed by atoms with E-state index in [0.717, 1.165) is 0 Å². The fourth-order valence-corrected chi connectivity index (χ4v) is 2.45. The molecule has 4 atom stereocenters. The highest BCUT2D eigenvalue weighted by atomic mass is 16.6. The lowest BCUT2D eigenvalue weighted by Crippen LogP contribution is -2.63. The van der Waals surface area contributed by atoms with Crippen LogP contribution in [0.5, 0.6) is 0 Å². The van der Waals surface area contributed by atoms with Crippen molar-refractivity contribution in [3.63, 3.8) is 0 Å². The third-order valence-corrected chi connectivity index (χ3v) is 3.87. The highest BCUT2D eigenvalue weighted by Gasteiger charge is 2.48. The lowest BCUT2D eigenvalue weighted by Gasteiger charge is -2.41. The second-order valence-electron chi connectivity index (χ2n) is 5.48. The molecule has 3 rings (SSSR count). The summed E-state index contributed by atoms with van der Waals surface area (Å²) in [4.78, 5) is 18.2. The molecule has 0 saturated carbocycles. The minimum Gasteiger partial charge on any atom is -0.388 e. The first-order valence-corrected chi connectivity index (χ1v) is 7.02. The molecule has 1 saturated heterocycles. The Morgan fingerprint density at radius 2 is 2.17 bits per heavy atom. The van der Waals surface area contributed by atoms with Gasteiger partial charge in [0.05, 0.1) is 30.4 Å². The van der Waals surface area contributed by atoms with Crippen LogP contribution in [0.3, 0.4) is 0 Å². The molecule has 0 bridgehead atoms. The van der Waals surface area contributed by atoms with Crippen molar-refractivity contribution in [2.24, 2.45) is 0 Å². The Morgan fingerprint density at radius 3 is 2.96 bits per heavy atom. The third kappa shape index (κ3) is 2.92. The van der Waals surface area contributed by atoms with Crippen LogP contribution in [0.1, 0.15) is 0 Å². The molecule has 1 aromatic heterocycles. The van der Waals surface area contributed by atoms with Gasteiger partial charge in [-0.05, 0) is 18.2 Å². The fraction of sp³-hybridized carbons (Fsp3) is 0.429. The number of aromatic nitrogens is 2. The second-order valence-corrected chi connectivity index (χ2v) is 5.48. The van der Waals surface area contributed by atoms with E-state index < -0.39 is 24.1 Å². The van der Waals surface area contributed by atoms with Crippen LogP contribution in [-0.2, 0) is 4.74 Å². The standard InChI is InChI=1S/C14H17N3O6/c18-10-4-23-14(22,12(20)11(10)19)5-15-7-1-2-9-8(3-7)13(21)17-6-16-9/h1-3,6,10-12,15,18-20,22H,4-5H2,(H,16,17,21)/t10?,11?,12?,14-/m0/s1. The van der Waals surface area contributed by atoms with Crippen molar-refractivity contribution >= 4 is 16.6 Å². The number of anilines is 1. The van der Waals surface area contributed by atoms with E-state index in [-0.39, 0.29) is 18.7 Å². The van der Waals surface area contributed by atoms with Gasteiger partial charge in [-0.25, -0.2) is 4.98 Å². The molecule has 0 radical (unpaired) electrons. The Bertz CT molecular complexity index is 766. The molecule has 1 aliphatic heterocycles. The van der Waals surface area contributed by atoms with Crippen LogP contribution in [0.25, 0.3) is 10.9 Å². The maximum Gasteiger partial charge on any atom is 0.258 e.